The molecule has 0 spiro atoms. The fourth-order valence-electron chi connectivity index (χ4n) is 2.69. The highest BCUT2D eigenvalue weighted by Crippen LogP contribution is 2.31. The molecule has 0 bridgehead atoms. The van der Waals surface area contributed by atoms with E-state index in [2.05, 4.69) is 22.4 Å². The molecule has 0 aliphatic rings. The second kappa shape index (κ2) is 7.01. The summed E-state index contributed by atoms with van der Waals surface area (Å²) in [4.78, 5) is 16.7. The summed E-state index contributed by atoms with van der Waals surface area (Å²) >= 11 is 1.45. The monoisotopic (exact) mass is 364 g/mol. The van der Waals surface area contributed by atoms with Crippen molar-refractivity contribution >= 4 is 43.4 Å². The molecule has 4 rings (SSSR count). The summed E-state index contributed by atoms with van der Waals surface area (Å²) in [7, 11) is 1.60. The molecule has 1 aromatic heterocycles. The Morgan fingerprint density at radius 1 is 1.04 bits per heavy atom. The van der Waals surface area contributed by atoms with Gasteiger partial charge in [-0.05, 0) is 35.7 Å². The molecule has 1 amide bonds. The minimum absolute atomic E-state index is 0.0804. The number of hydrogen-bond acceptors (Lipinski definition) is 5. The average Bonchev–Trinajstić information content (AvgIpc) is 3.09. The van der Waals surface area contributed by atoms with E-state index in [-0.39, 0.29) is 12.5 Å². The number of nitrogens with zero attached hydrogens (tertiary/aromatic N) is 1. The maximum absolute atomic E-state index is 12.2. The molecule has 0 saturated carbocycles. The van der Waals surface area contributed by atoms with E-state index in [0.717, 1.165) is 26.7 Å². The zero-order valence-electron chi connectivity index (χ0n) is 14.1. The number of hydrogen-bond donors (Lipinski definition) is 1. The molecule has 0 aliphatic carbocycles. The number of thiazole rings is 1. The SMILES string of the molecule is COc1ccc(OCC(=O)Nc2nc3c(ccc4ccccc43)s2)cc1. The van der Waals surface area contributed by atoms with E-state index >= 15 is 0 Å². The molecule has 1 heterocycles. The molecular formula is C20H16N2O3S. The maximum atomic E-state index is 12.2. The Hall–Kier alpha value is -3.12. The van der Waals surface area contributed by atoms with Crippen LogP contribution in [0.5, 0.6) is 11.5 Å². The second-order valence-corrected chi connectivity index (χ2v) is 6.70. The van der Waals surface area contributed by atoms with Gasteiger partial charge in [-0.25, -0.2) is 4.98 Å². The van der Waals surface area contributed by atoms with Gasteiger partial charge in [0.15, 0.2) is 11.7 Å². The number of carbonyl (C=O) groups is 1. The summed E-state index contributed by atoms with van der Waals surface area (Å²) in [6, 6.07) is 19.3. The maximum Gasteiger partial charge on any atom is 0.264 e. The molecule has 1 N–H and O–H groups in total. The molecule has 0 atom stereocenters. The van der Waals surface area contributed by atoms with Crippen molar-refractivity contribution in [2.45, 2.75) is 0 Å². The minimum atomic E-state index is -0.246. The Morgan fingerprint density at radius 2 is 1.81 bits per heavy atom. The van der Waals surface area contributed by atoms with E-state index in [1.165, 1.54) is 11.3 Å². The summed E-state index contributed by atoms with van der Waals surface area (Å²) in [5.41, 5.74) is 0.902. The first-order chi connectivity index (χ1) is 12.7. The highest BCUT2D eigenvalue weighted by atomic mass is 32.1. The number of anilines is 1. The Kier molecular flexibility index (Phi) is 4.41. The van der Waals surface area contributed by atoms with E-state index in [1.54, 1.807) is 31.4 Å². The number of nitrogens with one attached hydrogen (secondary N) is 1. The van der Waals surface area contributed by atoms with Crippen LogP contribution in [0.4, 0.5) is 5.13 Å². The molecule has 26 heavy (non-hydrogen) atoms. The number of methoxy groups -OCH3 is 1. The Morgan fingerprint density at radius 3 is 2.62 bits per heavy atom. The number of benzene rings is 3. The lowest BCUT2D eigenvalue weighted by molar-refractivity contribution is -0.118. The van der Waals surface area contributed by atoms with Gasteiger partial charge in [-0.15, -0.1) is 0 Å². The Bertz CT molecular complexity index is 1070. The highest BCUT2D eigenvalue weighted by Gasteiger charge is 2.10. The smallest absolute Gasteiger partial charge is 0.264 e. The zero-order valence-corrected chi connectivity index (χ0v) is 14.9. The van der Waals surface area contributed by atoms with Gasteiger partial charge < -0.3 is 9.47 Å². The lowest BCUT2D eigenvalue weighted by atomic mass is 10.1. The van der Waals surface area contributed by atoms with Crippen LogP contribution in [-0.4, -0.2) is 24.6 Å². The summed E-state index contributed by atoms with van der Waals surface area (Å²) in [5.74, 6) is 1.10. The van der Waals surface area contributed by atoms with Crippen molar-refractivity contribution in [2.24, 2.45) is 0 Å². The summed E-state index contributed by atoms with van der Waals surface area (Å²) in [6.45, 7) is -0.0804. The summed E-state index contributed by atoms with van der Waals surface area (Å²) in [6.07, 6.45) is 0. The van der Waals surface area contributed by atoms with E-state index in [4.69, 9.17) is 9.47 Å². The van der Waals surface area contributed by atoms with Gasteiger partial charge in [-0.1, -0.05) is 41.7 Å². The van der Waals surface area contributed by atoms with Crippen molar-refractivity contribution < 1.29 is 14.3 Å². The first-order valence-electron chi connectivity index (χ1n) is 8.08. The molecule has 0 radical (unpaired) electrons. The molecule has 4 aromatic rings. The molecule has 6 heteroatoms. The Labute approximate surface area is 154 Å². The molecule has 0 unspecified atom stereocenters. The van der Waals surface area contributed by atoms with Gasteiger partial charge in [0.25, 0.3) is 5.91 Å². The van der Waals surface area contributed by atoms with Gasteiger partial charge in [-0.3, -0.25) is 10.1 Å². The number of amides is 1. The molecule has 5 nitrogen and oxygen atoms in total. The van der Waals surface area contributed by atoms with Crippen LogP contribution in [0.2, 0.25) is 0 Å². The fourth-order valence-corrected chi connectivity index (χ4v) is 3.59. The molecule has 3 aromatic carbocycles. The third kappa shape index (κ3) is 3.32. The zero-order chi connectivity index (χ0) is 17.9. The summed E-state index contributed by atoms with van der Waals surface area (Å²) < 4.78 is 11.6. The van der Waals surface area contributed by atoms with Gasteiger partial charge in [0.05, 0.1) is 17.3 Å². The van der Waals surface area contributed by atoms with Gasteiger partial charge in [0.2, 0.25) is 0 Å². The predicted molar refractivity (Wildman–Crippen MR) is 104 cm³/mol. The van der Waals surface area contributed by atoms with Crippen molar-refractivity contribution in [3.8, 4) is 11.5 Å². The second-order valence-electron chi connectivity index (χ2n) is 5.66. The number of rotatable bonds is 5. The van der Waals surface area contributed by atoms with Crippen LogP contribution in [-0.2, 0) is 4.79 Å². The van der Waals surface area contributed by atoms with Crippen molar-refractivity contribution in [2.75, 3.05) is 19.0 Å². The van der Waals surface area contributed by atoms with Gasteiger partial charge in [-0.2, -0.15) is 0 Å². The van der Waals surface area contributed by atoms with Crippen LogP contribution < -0.4 is 14.8 Å². The van der Waals surface area contributed by atoms with E-state index in [0.29, 0.717) is 10.9 Å². The van der Waals surface area contributed by atoms with Crippen LogP contribution in [0, 0.1) is 0 Å². The fraction of sp³-hybridized carbons (Fsp3) is 0.100. The molecule has 0 fully saturated rings. The molecule has 0 aliphatic heterocycles. The van der Waals surface area contributed by atoms with Crippen molar-refractivity contribution in [1.82, 2.24) is 4.98 Å². The topological polar surface area (TPSA) is 60.5 Å². The minimum Gasteiger partial charge on any atom is -0.497 e. The largest absolute Gasteiger partial charge is 0.497 e. The third-order valence-electron chi connectivity index (χ3n) is 3.96. The predicted octanol–water partition coefficient (Wildman–Crippen LogP) is 4.48. The van der Waals surface area contributed by atoms with Crippen LogP contribution in [0.1, 0.15) is 0 Å². The van der Waals surface area contributed by atoms with Crippen molar-refractivity contribution in [3.63, 3.8) is 0 Å². The third-order valence-corrected chi connectivity index (χ3v) is 4.90. The normalized spacial score (nSPS) is 10.8. The van der Waals surface area contributed by atoms with E-state index in [9.17, 15) is 4.79 Å². The lowest BCUT2D eigenvalue weighted by Crippen LogP contribution is -2.19. The summed E-state index contributed by atoms with van der Waals surface area (Å²) in [5, 5.41) is 5.59. The van der Waals surface area contributed by atoms with Gasteiger partial charge in [0, 0.05) is 5.39 Å². The number of aromatic nitrogens is 1. The van der Waals surface area contributed by atoms with E-state index < -0.39 is 0 Å². The van der Waals surface area contributed by atoms with Gasteiger partial charge >= 0.3 is 0 Å². The van der Waals surface area contributed by atoms with Crippen LogP contribution >= 0.6 is 11.3 Å². The molecular weight excluding hydrogens is 348 g/mol. The van der Waals surface area contributed by atoms with Crippen LogP contribution in [0.15, 0.2) is 60.7 Å². The number of fused-ring (bicyclic) bond motifs is 3. The highest BCUT2D eigenvalue weighted by molar-refractivity contribution is 7.22. The van der Waals surface area contributed by atoms with Crippen LogP contribution in [0.25, 0.3) is 21.0 Å². The molecule has 130 valence electrons. The van der Waals surface area contributed by atoms with Crippen molar-refractivity contribution in [3.05, 3.63) is 60.7 Å². The van der Waals surface area contributed by atoms with E-state index in [1.807, 2.05) is 24.3 Å². The van der Waals surface area contributed by atoms with Crippen LogP contribution in [0.3, 0.4) is 0 Å². The number of ether oxygens (including phenoxy) is 2. The average molecular weight is 364 g/mol. The quantitative estimate of drug-likeness (QED) is 0.567. The standard InChI is InChI=1S/C20H16N2O3S/c1-24-14-7-9-15(10-8-14)25-12-18(23)21-20-22-19-16-5-3-2-4-13(16)6-11-17(19)26-20/h2-11H,12H2,1H3,(H,21,22,23). The Balaban J connectivity index is 1.46. The number of carbonyl (C=O) groups excluding carboxylic acids is 1. The first kappa shape index (κ1) is 16.4. The molecule has 0 saturated heterocycles. The van der Waals surface area contributed by atoms with Crippen molar-refractivity contribution in [1.29, 1.82) is 0 Å². The van der Waals surface area contributed by atoms with Gasteiger partial charge in [0.1, 0.15) is 11.5 Å². The lowest BCUT2D eigenvalue weighted by Gasteiger charge is -2.06. The first-order valence-corrected chi connectivity index (χ1v) is 8.89.